The Kier molecular flexibility index (Phi) is 6.23. The van der Waals surface area contributed by atoms with E-state index in [4.69, 9.17) is 10.00 Å². The Hall–Kier alpha value is -1.69. The van der Waals surface area contributed by atoms with E-state index in [9.17, 15) is 0 Å². The largest absolute Gasteiger partial charge is 0.493 e. The number of hydrogen-bond acceptors (Lipinski definition) is 3. The maximum absolute atomic E-state index is 8.50. The first kappa shape index (κ1) is 14.7. The van der Waals surface area contributed by atoms with Gasteiger partial charge in [0.05, 0.1) is 12.7 Å². The van der Waals surface area contributed by atoms with Crippen molar-refractivity contribution in [2.75, 3.05) is 11.9 Å². The second kappa shape index (κ2) is 8.47. The summed E-state index contributed by atoms with van der Waals surface area (Å²) in [7, 11) is 0. The molecule has 0 aliphatic heterocycles. The van der Waals surface area contributed by atoms with Crippen molar-refractivity contribution in [3.63, 3.8) is 0 Å². The molecule has 0 radical (unpaired) electrons. The van der Waals surface area contributed by atoms with Crippen molar-refractivity contribution in [3.05, 3.63) is 24.3 Å². The smallest absolute Gasteiger partial charge is 0.121 e. The minimum atomic E-state index is 0.556. The van der Waals surface area contributed by atoms with Crippen LogP contribution in [0.15, 0.2) is 24.3 Å². The minimum absolute atomic E-state index is 0.556. The van der Waals surface area contributed by atoms with Crippen LogP contribution >= 0.6 is 0 Å². The van der Waals surface area contributed by atoms with Gasteiger partial charge in [-0.05, 0) is 31.4 Å². The number of nitrogens with zero attached hydrogens (tertiary/aromatic N) is 1. The number of anilines is 1. The molecule has 0 bridgehead atoms. The van der Waals surface area contributed by atoms with E-state index in [-0.39, 0.29) is 0 Å². The number of nitriles is 1. The number of nitrogens with one attached hydrogen (secondary N) is 1. The topological polar surface area (TPSA) is 45.0 Å². The van der Waals surface area contributed by atoms with Gasteiger partial charge in [-0.25, -0.2) is 0 Å². The highest BCUT2D eigenvalue weighted by Crippen LogP contribution is 2.23. The summed E-state index contributed by atoms with van der Waals surface area (Å²) in [6, 6.07) is 10.9. The van der Waals surface area contributed by atoms with Crippen LogP contribution in [0.2, 0.25) is 0 Å². The Morgan fingerprint density at radius 3 is 2.75 bits per heavy atom. The first-order valence-corrected chi connectivity index (χ1v) is 7.75. The van der Waals surface area contributed by atoms with Gasteiger partial charge in [-0.2, -0.15) is 5.26 Å². The summed E-state index contributed by atoms with van der Waals surface area (Å²) < 4.78 is 5.67. The van der Waals surface area contributed by atoms with Crippen LogP contribution < -0.4 is 10.1 Å². The second-order valence-electron chi connectivity index (χ2n) is 5.47. The van der Waals surface area contributed by atoms with Crippen LogP contribution in [0.1, 0.15) is 51.4 Å². The molecule has 3 nitrogen and oxygen atoms in total. The molecule has 108 valence electrons. The summed E-state index contributed by atoms with van der Waals surface area (Å²) in [4.78, 5) is 0. The van der Waals surface area contributed by atoms with Crippen molar-refractivity contribution in [1.82, 2.24) is 0 Å². The van der Waals surface area contributed by atoms with Crippen molar-refractivity contribution >= 4 is 5.69 Å². The standard InChI is InChI=1S/C17H24N2O/c18-12-5-6-13-20-17-11-7-10-16(14-17)19-15-8-3-1-2-4-9-15/h7,10-11,14-15,19H,1-6,8-9,13H2. The molecule has 0 heterocycles. The Morgan fingerprint density at radius 2 is 2.00 bits per heavy atom. The molecule has 1 N–H and O–H groups in total. The molecule has 20 heavy (non-hydrogen) atoms. The molecule has 0 aromatic heterocycles. The van der Waals surface area contributed by atoms with E-state index in [2.05, 4.69) is 23.5 Å². The molecule has 0 spiro atoms. The fourth-order valence-corrected chi connectivity index (χ4v) is 2.68. The highest BCUT2D eigenvalue weighted by Gasteiger charge is 2.11. The Balaban J connectivity index is 1.83. The number of benzene rings is 1. The predicted octanol–water partition coefficient (Wildman–Crippen LogP) is 4.50. The van der Waals surface area contributed by atoms with Crippen LogP contribution in [0.25, 0.3) is 0 Å². The molecule has 2 rings (SSSR count). The predicted molar refractivity (Wildman–Crippen MR) is 81.9 cm³/mol. The van der Waals surface area contributed by atoms with E-state index in [1.807, 2.05) is 12.1 Å². The minimum Gasteiger partial charge on any atom is -0.493 e. The molecule has 1 fully saturated rings. The Bertz CT molecular complexity index is 431. The van der Waals surface area contributed by atoms with Gasteiger partial charge in [-0.15, -0.1) is 0 Å². The lowest BCUT2D eigenvalue weighted by molar-refractivity contribution is 0.313. The van der Waals surface area contributed by atoms with E-state index in [1.165, 1.54) is 38.5 Å². The summed E-state index contributed by atoms with van der Waals surface area (Å²) in [5.74, 6) is 0.890. The normalized spacial score (nSPS) is 16.1. The van der Waals surface area contributed by atoms with Crippen LogP contribution in [0, 0.1) is 11.3 Å². The van der Waals surface area contributed by atoms with Gasteiger partial charge < -0.3 is 10.1 Å². The highest BCUT2D eigenvalue weighted by atomic mass is 16.5. The highest BCUT2D eigenvalue weighted by molar-refractivity contribution is 5.48. The van der Waals surface area contributed by atoms with Crippen LogP contribution in [0.3, 0.4) is 0 Å². The van der Waals surface area contributed by atoms with E-state index in [0.717, 1.165) is 17.9 Å². The lowest BCUT2D eigenvalue weighted by Crippen LogP contribution is -2.18. The fourth-order valence-electron chi connectivity index (χ4n) is 2.68. The average molecular weight is 272 g/mol. The number of unbranched alkanes of at least 4 members (excludes halogenated alkanes) is 1. The van der Waals surface area contributed by atoms with Gasteiger partial charge in [-0.3, -0.25) is 0 Å². The van der Waals surface area contributed by atoms with E-state index in [1.54, 1.807) is 0 Å². The van der Waals surface area contributed by atoms with E-state index >= 15 is 0 Å². The second-order valence-corrected chi connectivity index (χ2v) is 5.47. The van der Waals surface area contributed by atoms with Crippen LogP contribution in [0.5, 0.6) is 5.75 Å². The van der Waals surface area contributed by atoms with Crippen molar-refractivity contribution < 1.29 is 4.74 Å². The van der Waals surface area contributed by atoms with Crippen molar-refractivity contribution in [2.45, 2.75) is 57.4 Å². The molecular weight excluding hydrogens is 248 g/mol. The molecule has 0 unspecified atom stereocenters. The van der Waals surface area contributed by atoms with Crippen LogP contribution in [-0.2, 0) is 0 Å². The number of hydrogen-bond donors (Lipinski definition) is 1. The lowest BCUT2D eigenvalue weighted by atomic mass is 10.1. The van der Waals surface area contributed by atoms with Gasteiger partial charge >= 0.3 is 0 Å². The molecular formula is C17H24N2O. The zero-order valence-corrected chi connectivity index (χ0v) is 12.1. The van der Waals surface area contributed by atoms with Gasteiger partial charge in [0.25, 0.3) is 0 Å². The molecule has 3 heteroatoms. The third kappa shape index (κ3) is 5.13. The van der Waals surface area contributed by atoms with Crippen molar-refractivity contribution in [3.8, 4) is 11.8 Å². The van der Waals surface area contributed by atoms with E-state index < -0.39 is 0 Å². The molecule has 1 saturated carbocycles. The first-order chi connectivity index (χ1) is 9.88. The molecule has 1 aromatic carbocycles. The zero-order valence-electron chi connectivity index (χ0n) is 12.1. The summed E-state index contributed by atoms with van der Waals surface area (Å²) in [6.45, 7) is 0.612. The maximum atomic E-state index is 8.50. The molecule has 1 aliphatic carbocycles. The Morgan fingerprint density at radius 1 is 1.20 bits per heavy atom. The summed E-state index contributed by atoms with van der Waals surface area (Å²) in [6.07, 6.45) is 9.31. The summed E-state index contributed by atoms with van der Waals surface area (Å²) in [5.41, 5.74) is 1.15. The van der Waals surface area contributed by atoms with Gasteiger partial charge in [0.2, 0.25) is 0 Å². The molecule has 0 amide bonds. The number of ether oxygens (including phenoxy) is 1. The number of rotatable bonds is 6. The third-order valence-corrected chi connectivity index (χ3v) is 3.76. The van der Waals surface area contributed by atoms with Gasteiger partial charge in [0.1, 0.15) is 5.75 Å². The quantitative estimate of drug-likeness (QED) is 0.612. The third-order valence-electron chi connectivity index (χ3n) is 3.76. The van der Waals surface area contributed by atoms with Crippen molar-refractivity contribution in [2.24, 2.45) is 0 Å². The van der Waals surface area contributed by atoms with Crippen LogP contribution in [-0.4, -0.2) is 12.6 Å². The van der Waals surface area contributed by atoms with Crippen molar-refractivity contribution in [1.29, 1.82) is 5.26 Å². The first-order valence-electron chi connectivity index (χ1n) is 7.75. The molecule has 1 aliphatic rings. The van der Waals surface area contributed by atoms with E-state index in [0.29, 0.717) is 19.1 Å². The Labute approximate surface area is 121 Å². The maximum Gasteiger partial charge on any atom is 0.121 e. The summed E-state index contributed by atoms with van der Waals surface area (Å²) >= 11 is 0. The summed E-state index contributed by atoms with van der Waals surface area (Å²) in [5, 5.41) is 12.1. The lowest BCUT2D eigenvalue weighted by Gasteiger charge is -2.18. The van der Waals surface area contributed by atoms with Crippen LogP contribution in [0.4, 0.5) is 5.69 Å². The molecule has 0 saturated heterocycles. The van der Waals surface area contributed by atoms with Gasteiger partial charge in [-0.1, -0.05) is 31.7 Å². The zero-order chi connectivity index (χ0) is 14.0. The van der Waals surface area contributed by atoms with Gasteiger partial charge in [0, 0.05) is 24.2 Å². The fraction of sp³-hybridized carbons (Fsp3) is 0.588. The SMILES string of the molecule is N#CCCCOc1cccc(NC2CCCCCC2)c1. The molecule has 0 atom stereocenters. The average Bonchev–Trinajstić information content (AvgIpc) is 2.73. The van der Waals surface area contributed by atoms with Gasteiger partial charge in [0.15, 0.2) is 0 Å². The molecule has 1 aromatic rings. The monoisotopic (exact) mass is 272 g/mol.